The molecule has 0 unspecified atom stereocenters. The second-order valence-electron chi connectivity index (χ2n) is 9.69. The molecular weight excluding hydrogens is 445 g/mol. The van der Waals surface area contributed by atoms with Gasteiger partial charge in [0.05, 0.1) is 16.6 Å². The fraction of sp³-hybridized carbons (Fsp3) is 0.296. The summed E-state index contributed by atoms with van der Waals surface area (Å²) < 4.78 is 15.0. The largest absolute Gasteiger partial charge is 0.357 e. The van der Waals surface area contributed by atoms with Gasteiger partial charge in [-0.1, -0.05) is 18.2 Å². The van der Waals surface area contributed by atoms with E-state index < -0.39 is 17.3 Å². The predicted octanol–water partition coefficient (Wildman–Crippen LogP) is 3.81. The zero-order valence-electron chi connectivity index (χ0n) is 19.8. The molecule has 7 nitrogen and oxygen atoms in total. The molecule has 0 atom stereocenters. The lowest BCUT2D eigenvalue weighted by Gasteiger charge is -2.32. The summed E-state index contributed by atoms with van der Waals surface area (Å²) in [6.07, 6.45) is 3.61. The normalized spacial score (nSPS) is 15.0. The highest BCUT2D eigenvalue weighted by molar-refractivity contribution is 6.00. The number of nitrogens with one attached hydrogen (secondary N) is 2. The van der Waals surface area contributed by atoms with Crippen molar-refractivity contribution >= 4 is 33.5 Å². The molecule has 1 saturated heterocycles. The Kier molecular flexibility index (Phi) is 5.76. The third-order valence-corrected chi connectivity index (χ3v) is 6.80. The molecule has 2 aromatic carbocycles. The first kappa shape index (κ1) is 23.0. The van der Waals surface area contributed by atoms with Crippen LogP contribution in [0.4, 0.5) is 10.2 Å². The van der Waals surface area contributed by atoms with Crippen molar-refractivity contribution in [3.05, 3.63) is 81.9 Å². The number of aromatic amines is 1. The van der Waals surface area contributed by atoms with Gasteiger partial charge in [-0.25, -0.2) is 9.37 Å². The van der Waals surface area contributed by atoms with Crippen LogP contribution < -0.4 is 21.4 Å². The number of carbonyl (C=O) groups excluding carboxylic acids is 1. The van der Waals surface area contributed by atoms with Gasteiger partial charge in [0.2, 0.25) is 0 Å². The van der Waals surface area contributed by atoms with Crippen LogP contribution in [0.15, 0.2) is 59.5 Å². The van der Waals surface area contributed by atoms with Gasteiger partial charge in [-0.15, -0.1) is 0 Å². The number of pyridine rings is 2. The Morgan fingerprint density at radius 3 is 2.57 bits per heavy atom. The van der Waals surface area contributed by atoms with Crippen molar-refractivity contribution in [1.29, 1.82) is 0 Å². The van der Waals surface area contributed by atoms with E-state index in [4.69, 9.17) is 5.73 Å². The highest BCUT2D eigenvalue weighted by Crippen LogP contribution is 2.25. The molecule has 4 N–H and O–H groups in total. The highest BCUT2D eigenvalue weighted by Gasteiger charge is 2.26. The number of benzene rings is 2. The van der Waals surface area contributed by atoms with Gasteiger partial charge in [-0.05, 0) is 62.6 Å². The van der Waals surface area contributed by atoms with Crippen LogP contribution in [0.25, 0.3) is 21.8 Å². The number of aromatic nitrogens is 2. The van der Waals surface area contributed by atoms with Crippen LogP contribution in [-0.2, 0) is 5.54 Å². The molecule has 8 heteroatoms. The molecule has 0 spiro atoms. The summed E-state index contributed by atoms with van der Waals surface area (Å²) in [5.41, 5.74) is 6.62. The summed E-state index contributed by atoms with van der Waals surface area (Å²) in [4.78, 5) is 35.8. The van der Waals surface area contributed by atoms with Crippen LogP contribution in [0, 0.1) is 5.82 Å². The van der Waals surface area contributed by atoms with Crippen LogP contribution in [0.5, 0.6) is 0 Å². The van der Waals surface area contributed by atoms with Crippen molar-refractivity contribution in [3.63, 3.8) is 0 Å². The molecule has 0 radical (unpaired) electrons. The first-order valence-corrected chi connectivity index (χ1v) is 11.8. The summed E-state index contributed by atoms with van der Waals surface area (Å²) >= 11 is 0. The van der Waals surface area contributed by atoms with E-state index in [-0.39, 0.29) is 22.4 Å². The van der Waals surface area contributed by atoms with Crippen molar-refractivity contribution in [3.8, 4) is 0 Å². The highest BCUT2D eigenvalue weighted by atomic mass is 19.1. The average molecular weight is 474 g/mol. The van der Waals surface area contributed by atoms with Gasteiger partial charge in [0, 0.05) is 41.6 Å². The van der Waals surface area contributed by atoms with E-state index >= 15 is 0 Å². The summed E-state index contributed by atoms with van der Waals surface area (Å²) in [6, 6.07) is 13.7. The molecule has 0 aliphatic carbocycles. The second-order valence-corrected chi connectivity index (χ2v) is 9.69. The van der Waals surface area contributed by atoms with Gasteiger partial charge in [0.1, 0.15) is 11.6 Å². The number of anilines is 1. The quantitative estimate of drug-likeness (QED) is 0.391. The molecule has 35 heavy (non-hydrogen) atoms. The Morgan fingerprint density at radius 2 is 1.86 bits per heavy atom. The van der Waals surface area contributed by atoms with E-state index in [2.05, 4.69) is 20.2 Å². The molecule has 1 amide bonds. The minimum absolute atomic E-state index is 0.134. The van der Waals surface area contributed by atoms with Gasteiger partial charge in [0.15, 0.2) is 5.43 Å². The van der Waals surface area contributed by atoms with Crippen LogP contribution in [0.2, 0.25) is 0 Å². The van der Waals surface area contributed by atoms with Crippen molar-refractivity contribution in [1.82, 2.24) is 15.3 Å². The van der Waals surface area contributed by atoms with Gasteiger partial charge in [-0.2, -0.15) is 0 Å². The minimum atomic E-state index is -0.801. The number of carbonyl (C=O) groups is 1. The number of nitrogens with two attached hydrogens (primary N) is 1. The van der Waals surface area contributed by atoms with Crippen molar-refractivity contribution in [2.24, 2.45) is 5.73 Å². The number of para-hydroxylation sites is 1. The van der Waals surface area contributed by atoms with Crippen molar-refractivity contribution in [2.75, 3.05) is 18.0 Å². The molecule has 5 rings (SSSR count). The molecule has 1 fully saturated rings. The number of fused-ring (bicyclic) bond motifs is 2. The molecule has 180 valence electrons. The maximum absolute atomic E-state index is 15.0. The molecular formula is C27H28FN5O2. The maximum atomic E-state index is 15.0. The summed E-state index contributed by atoms with van der Waals surface area (Å²) in [7, 11) is 0. The molecule has 0 saturated carbocycles. The Bertz CT molecular complexity index is 1470. The number of amides is 1. The smallest absolute Gasteiger partial charge is 0.255 e. The standard InChI is InChI=1S/C27H28FN5O2/c1-27(2,16-7-8-24(30-15-16)33-11-9-17(29)10-12-33)32-26(35)19-14-23-20(13-21(19)28)25(34)18-5-3-4-6-22(18)31-23/h3-8,13-15,17H,9-12,29H2,1-2H3,(H,31,34)(H,32,35). The Hall–Kier alpha value is -3.78. The third-order valence-electron chi connectivity index (χ3n) is 6.80. The zero-order valence-corrected chi connectivity index (χ0v) is 19.8. The van der Waals surface area contributed by atoms with Crippen LogP contribution in [0.1, 0.15) is 42.6 Å². The summed E-state index contributed by atoms with van der Waals surface area (Å²) in [6.45, 7) is 5.42. The Balaban J connectivity index is 1.40. The zero-order chi connectivity index (χ0) is 24.7. The number of nitrogens with zero attached hydrogens (tertiary/aromatic N) is 2. The van der Waals surface area contributed by atoms with Crippen molar-refractivity contribution < 1.29 is 9.18 Å². The first-order chi connectivity index (χ1) is 16.7. The van der Waals surface area contributed by atoms with Crippen LogP contribution >= 0.6 is 0 Å². The van der Waals surface area contributed by atoms with Gasteiger partial charge >= 0.3 is 0 Å². The fourth-order valence-corrected chi connectivity index (χ4v) is 4.61. The molecule has 3 heterocycles. The van der Waals surface area contributed by atoms with Crippen LogP contribution in [-0.4, -0.2) is 35.0 Å². The average Bonchev–Trinajstić information content (AvgIpc) is 2.85. The molecule has 4 aromatic rings. The minimum Gasteiger partial charge on any atom is -0.357 e. The third kappa shape index (κ3) is 4.37. The van der Waals surface area contributed by atoms with Crippen LogP contribution in [0.3, 0.4) is 0 Å². The molecule has 1 aliphatic heterocycles. The summed E-state index contributed by atoms with van der Waals surface area (Å²) in [5.74, 6) is -0.444. The first-order valence-electron chi connectivity index (χ1n) is 11.8. The lowest BCUT2D eigenvalue weighted by Crippen LogP contribution is -2.42. The Labute approximate surface area is 202 Å². The van der Waals surface area contributed by atoms with E-state index in [1.165, 1.54) is 6.07 Å². The van der Waals surface area contributed by atoms with E-state index in [0.29, 0.717) is 16.4 Å². The topological polar surface area (TPSA) is 104 Å². The number of H-pyrrole nitrogens is 1. The lowest BCUT2D eigenvalue weighted by atomic mass is 9.95. The molecule has 2 aromatic heterocycles. The number of hydrogen-bond donors (Lipinski definition) is 3. The maximum Gasteiger partial charge on any atom is 0.255 e. The van der Waals surface area contributed by atoms with E-state index in [9.17, 15) is 14.0 Å². The number of rotatable bonds is 4. The second kappa shape index (κ2) is 8.78. The number of hydrogen-bond acceptors (Lipinski definition) is 5. The summed E-state index contributed by atoms with van der Waals surface area (Å²) in [5, 5.41) is 3.59. The molecule has 0 bridgehead atoms. The lowest BCUT2D eigenvalue weighted by molar-refractivity contribution is 0.0908. The number of piperidine rings is 1. The van der Waals surface area contributed by atoms with E-state index in [1.807, 2.05) is 32.0 Å². The number of halogens is 1. The van der Waals surface area contributed by atoms with Crippen molar-refractivity contribution in [2.45, 2.75) is 38.3 Å². The van der Waals surface area contributed by atoms with Gasteiger partial charge in [0.25, 0.3) is 5.91 Å². The van der Waals surface area contributed by atoms with E-state index in [0.717, 1.165) is 43.4 Å². The SMILES string of the molecule is CC(C)(NC(=O)c1cc2[nH]c3ccccc3c(=O)c2cc1F)c1ccc(N2CCC(N)CC2)nc1. The Morgan fingerprint density at radius 1 is 1.11 bits per heavy atom. The monoisotopic (exact) mass is 473 g/mol. The van der Waals surface area contributed by atoms with E-state index in [1.54, 1.807) is 24.4 Å². The fourth-order valence-electron chi connectivity index (χ4n) is 4.61. The predicted molar refractivity (Wildman–Crippen MR) is 136 cm³/mol. The van der Waals surface area contributed by atoms with Gasteiger partial charge < -0.3 is 20.9 Å². The molecule has 1 aliphatic rings. The van der Waals surface area contributed by atoms with Gasteiger partial charge in [-0.3, -0.25) is 9.59 Å².